The molecule has 74 valence electrons. The van der Waals surface area contributed by atoms with Crippen LogP contribution in [-0.2, 0) is 9.47 Å². The van der Waals surface area contributed by atoms with E-state index < -0.39 is 0 Å². The molecule has 2 nitrogen and oxygen atoms in total. The zero-order valence-corrected chi connectivity index (χ0v) is 9.33. The third kappa shape index (κ3) is 10.6. The zero-order valence-electron chi connectivity index (χ0n) is 7.62. The molecule has 0 radical (unpaired) electrons. The minimum absolute atomic E-state index is 0.766. The topological polar surface area (TPSA) is 18.5 Å². The van der Waals surface area contributed by atoms with E-state index in [-0.39, 0.29) is 0 Å². The highest BCUT2D eigenvalue weighted by Crippen LogP contribution is 2.01. The van der Waals surface area contributed by atoms with Crippen molar-refractivity contribution in [2.24, 2.45) is 0 Å². The van der Waals surface area contributed by atoms with E-state index in [1.54, 1.807) is 7.11 Å². The molecule has 0 rings (SSSR count). The van der Waals surface area contributed by atoms with Crippen molar-refractivity contribution in [1.29, 1.82) is 0 Å². The fraction of sp³-hybridized carbons (Fsp3) is 1.00. The molecule has 0 aliphatic heterocycles. The Morgan fingerprint density at radius 1 is 1.17 bits per heavy atom. The van der Waals surface area contributed by atoms with E-state index in [4.69, 9.17) is 9.47 Å². The Bertz CT molecular complexity index is 71.5. The Balaban J connectivity index is 2.73. The lowest BCUT2D eigenvalue weighted by Crippen LogP contribution is -2.01. The summed E-state index contributed by atoms with van der Waals surface area (Å²) >= 11 is 5.96. The number of thiol groups is 1. The molecule has 0 aromatic carbocycles. The molecule has 0 amide bonds. The van der Waals surface area contributed by atoms with Crippen molar-refractivity contribution in [3.8, 4) is 0 Å². The van der Waals surface area contributed by atoms with Gasteiger partial charge in [0.25, 0.3) is 0 Å². The van der Waals surface area contributed by atoms with E-state index in [0.717, 1.165) is 43.5 Å². The fourth-order valence-electron chi connectivity index (χ4n) is 0.692. The van der Waals surface area contributed by atoms with Crippen molar-refractivity contribution < 1.29 is 9.47 Å². The first kappa shape index (κ1) is 12.6. The normalized spacial score (nSPS) is 10.5. The summed E-state index contributed by atoms with van der Waals surface area (Å²) in [6, 6.07) is 0. The van der Waals surface area contributed by atoms with E-state index in [0.29, 0.717) is 0 Å². The molecule has 12 heavy (non-hydrogen) atoms. The highest BCUT2D eigenvalue weighted by Gasteiger charge is 1.89. The van der Waals surface area contributed by atoms with Crippen LogP contribution in [0.2, 0.25) is 0 Å². The highest BCUT2D eigenvalue weighted by atomic mass is 32.2. The van der Waals surface area contributed by atoms with Gasteiger partial charge in [0.05, 0.1) is 13.2 Å². The average molecular weight is 210 g/mol. The third-order valence-corrected chi connectivity index (χ3v) is 2.46. The fourth-order valence-corrected chi connectivity index (χ4v) is 1.58. The Labute approximate surface area is 84.8 Å². The van der Waals surface area contributed by atoms with Crippen LogP contribution >= 0.6 is 24.4 Å². The lowest BCUT2D eigenvalue weighted by Gasteiger charge is -2.01. The average Bonchev–Trinajstić information content (AvgIpc) is 2.10. The summed E-state index contributed by atoms with van der Waals surface area (Å²) in [5, 5.41) is 0. The molecule has 0 aliphatic carbocycles. The van der Waals surface area contributed by atoms with Crippen LogP contribution in [0.25, 0.3) is 0 Å². The molecule has 0 saturated heterocycles. The molecule has 0 aliphatic rings. The summed E-state index contributed by atoms with van der Waals surface area (Å²) in [7, 11) is 1.74. The zero-order chi connectivity index (χ0) is 9.07. The Morgan fingerprint density at radius 3 is 2.67 bits per heavy atom. The van der Waals surface area contributed by atoms with Gasteiger partial charge >= 0.3 is 0 Å². The maximum Gasteiger partial charge on any atom is 0.0557 e. The Morgan fingerprint density at radius 2 is 2.00 bits per heavy atom. The number of methoxy groups -OCH3 is 1. The van der Waals surface area contributed by atoms with Gasteiger partial charge in [-0.05, 0) is 12.2 Å². The summed E-state index contributed by atoms with van der Waals surface area (Å²) in [6.07, 6.45) is 1.13. The Hall–Kier alpha value is 0.620. The molecule has 0 fully saturated rings. The van der Waals surface area contributed by atoms with E-state index in [1.165, 1.54) is 0 Å². The second-order valence-corrected chi connectivity index (χ2v) is 3.97. The second-order valence-electron chi connectivity index (χ2n) is 2.29. The molecular weight excluding hydrogens is 192 g/mol. The van der Waals surface area contributed by atoms with Crippen molar-refractivity contribution in [3.63, 3.8) is 0 Å². The van der Waals surface area contributed by atoms with Gasteiger partial charge in [-0.15, -0.1) is 0 Å². The van der Waals surface area contributed by atoms with Gasteiger partial charge in [0.1, 0.15) is 0 Å². The molecule has 0 spiro atoms. The van der Waals surface area contributed by atoms with Crippen molar-refractivity contribution in [3.05, 3.63) is 0 Å². The predicted molar refractivity (Wildman–Crippen MR) is 58.5 cm³/mol. The number of thioether (sulfide) groups is 1. The van der Waals surface area contributed by atoms with Gasteiger partial charge in [-0.1, -0.05) is 0 Å². The number of rotatable bonds is 9. The van der Waals surface area contributed by atoms with Crippen LogP contribution in [-0.4, -0.2) is 44.2 Å². The molecule has 0 heterocycles. The van der Waals surface area contributed by atoms with E-state index in [1.807, 2.05) is 11.8 Å². The lowest BCUT2D eigenvalue weighted by molar-refractivity contribution is 0.167. The van der Waals surface area contributed by atoms with Crippen LogP contribution in [0.1, 0.15) is 6.42 Å². The van der Waals surface area contributed by atoms with Crippen LogP contribution in [0, 0.1) is 0 Å². The van der Waals surface area contributed by atoms with Crippen molar-refractivity contribution in [2.45, 2.75) is 6.42 Å². The molecule has 0 N–H and O–H groups in total. The van der Waals surface area contributed by atoms with Crippen LogP contribution in [0.5, 0.6) is 0 Å². The van der Waals surface area contributed by atoms with Gasteiger partial charge < -0.3 is 9.47 Å². The van der Waals surface area contributed by atoms with Crippen molar-refractivity contribution in [2.75, 3.05) is 44.2 Å². The first-order valence-electron chi connectivity index (χ1n) is 4.17. The van der Waals surface area contributed by atoms with Gasteiger partial charge in [-0.25, -0.2) is 0 Å². The van der Waals surface area contributed by atoms with Crippen LogP contribution in [0.4, 0.5) is 0 Å². The van der Waals surface area contributed by atoms with E-state index in [9.17, 15) is 0 Å². The van der Waals surface area contributed by atoms with Gasteiger partial charge in [0.2, 0.25) is 0 Å². The quantitative estimate of drug-likeness (QED) is 0.461. The van der Waals surface area contributed by atoms with Crippen LogP contribution < -0.4 is 0 Å². The lowest BCUT2D eigenvalue weighted by atomic mass is 10.5. The third-order valence-electron chi connectivity index (χ3n) is 1.24. The summed E-state index contributed by atoms with van der Waals surface area (Å²) in [5.74, 6) is 3.06. The number of ether oxygens (including phenoxy) is 2. The second kappa shape index (κ2) is 11.6. The van der Waals surface area contributed by atoms with E-state index >= 15 is 0 Å². The van der Waals surface area contributed by atoms with Gasteiger partial charge in [0, 0.05) is 25.2 Å². The minimum Gasteiger partial charge on any atom is -0.385 e. The van der Waals surface area contributed by atoms with Gasteiger partial charge in [-0.2, -0.15) is 24.4 Å². The molecule has 0 bridgehead atoms. The summed E-state index contributed by atoms with van der Waals surface area (Å²) in [5.41, 5.74) is 0. The highest BCUT2D eigenvalue weighted by molar-refractivity contribution is 7.99. The summed E-state index contributed by atoms with van der Waals surface area (Å²) in [6.45, 7) is 2.48. The van der Waals surface area contributed by atoms with Crippen LogP contribution in [0.3, 0.4) is 0 Å². The maximum atomic E-state index is 5.26. The van der Waals surface area contributed by atoms with Gasteiger partial charge in [-0.3, -0.25) is 0 Å². The van der Waals surface area contributed by atoms with Crippen LogP contribution in [0.15, 0.2) is 0 Å². The standard InChI is InChI=1S/C8H18O2S2/c1-9-3-2-7-12-8-5-10-4-6-11/h11H,2-8H2,1H3. The minimum atomic E-state index is 0.766. The molecule has 0 aromatic rings. The first-order chi connectivity index (χ1) is 5.91. The molecule has 0 unspecified atom stereocenters. The monoisotopic (exact) mass is 210 g/mol. The number of hydrogen-bond donors (Lipinski definition) is 1. The smallest absolute Gasteiger partial charge is 0.0557 e. The Kier molecular flexibility index (Phi) is 12.2. The van der Waals surface area contributed by atoms with E-state index in [2.05, 4.69) is 12.6 Å². The summed E-state index contributed by atoms with van der Waals surface area (Å²) in [4.78, 5) is 0. The summed E-state index contributed by atoms with van der Waals surface area (Å²) < 4.78 is 10.2. The van der Waals surface area contributed by atoms with Crippen molar-refractivity contribution in [1.82, 2.24) is 0 Å². The molecule has 4 heteroatoms. The molecule has 0 atom stereocenters. The molecular formula is C8H18O2S2. The predicted octanol–water partition coefficient (Wildman–Crippen LogP) is 1.70. The molecule has 0 aromatic heterocycles. The molecule has 0 saturated carbocycles. The van der Waals surface area contributed by atoms with Gasteiger partial charge in [0.15, 0.2) is 0 Å². The maximum absolute atomic E-state index is 5.26. The number of hydrogen-bond acceptors (Lipinski definition) is 4. The van der Waals surface area contributed by atoms with Crippen molar-refractivity contribution >= 4 is 24.4 Å². The SMILES string of the molecule is COCCCSCCOCCS. The first-order valence-corrected chi connectivity index (χ1v) is 5.96. The largest absolute Gasteiger partial charge is 0.385 e.